The van der Waals surface area contributed by atoms with Crippen molar-refractivity contribution in [2.24, 2.45) is 0 Å². The van der Waals surface area contributed by atoms with Crippen molar-refractivity contribution in [1.29, 1.82) is 0 Å². The van der Waals surface area contributed by atoms with Gasteiger partial charge in [-0.15, -0.1) is 16.4 Å². The first-order chi connectivity index (χ1) is 18.1. The van der Waals surface area contributed by atoms with Crippen molar-refractivity contribution >= 4 is 22.8 Å². The van der Waals surface area contributed by atoms with Gasteiger partial charge in [-0.2, -0.15) is 0 Å². The smallest absolute Gasteiger partial charge is 0.244 e. The normalized spacial score (nSPS) is 13.4. The van der Waals surface area contributed by atoms with E-state index in [4.69, 9.17) is 23.9 Å². The molecule has 1 aliphatic heterocycles. The van der Waals surface area contributed by atoms with Crippen LogP contribution in [0.15, 0.2) is 54.7 Å². The quantitative estimate of drug-likeness (QED) is 0.284. The Morgan fingerprint density at radius 2 is 1.86 bits per heavy atom. The van der Waals surface area contributed by atoms with Crippen LogP contribution in [0.1, 0.15) is 26.5 Å². The summed E-state index contributed by atoms with van der Waals surface area (Å²) in [5.74, 6) is 1.48. The lowest BCUT2D eigenvalue weighted by molar-refractivity contribution is 0.111. The van der Waals surface area contributed by atoms with Crippen molar-refractivity contribution in [2.45, 2.75) is 20.1 Å². The SMILES string of the molecule is COc1cc(COc2nn(-c3ccccc3)cc2C=O)ccc1OCc1nc(N2CCOCC2)sc1C. The van der Waals surface area contributed by atoms with Crippen LogP contribution < -0.4 is 19.1 Å². The average Bonchev–Trinajstić information content (AvgIpc) is 3.55. The minimum Gasteiger partial charge on any atom is -0.493 e. The number of aldehydes is 1. The molecule has 192 valence electrons. The van der Waals surface area contributed by atoms with Crippen molar-refractivity contribution in [2.75, 3.05) is 38.3 Å². The fourth-order valence-corrected chi connectivity index (χ4v) is 4.90. The molecule has 37 heavy (non-hydrogen) atoms. The van der Waals surface area contributed by atoms with Gasteiger partial charge in [-0.25, -0.2) is 9.67 Å². The van der Waals surface area contributed by atoms with Gasteiger partial charge in [0.1, 0.15) is 13.2 Å². The number of aryl methyl sites for hydroxylation is 1. The number of rotatable bonds is 10. The predicted molar refractivity (Wildman–Crippen MR) is 140 cm³/mol. The van der Waals surface area contributed by atoms with E-state index < -0.39 is 0 Å². The number of anilines is 1. The second-order valence-corrected chi connectivity index (χ2v) is 9.63. The van der Waals surface area contributed by atoms with E-state index in [1.807, 2.05) is 48.5 Å². The zero-order valence-electron chi connectivity index (χ0n) is 20.8. The molecule has 3 heterocycles. The Labute approximate surface area is 219 Å². The Morgan fingerprint density at radius 3 is 2.62 bits per heavy atom. The maximum absolute atomic E-state index is 11.6. The molecule has 1 fully saturated rings. The van der Waals surface area contributed by atoms with Crippen LogP contribution >= 0.6 is 11.3 Å². The summed E-state index contributed by atoms with van der Waals surface area (Å²) in [5.41, 5.74) is 2.99. The summed E-state index contributed by atoms with van der Waals surface area (Å²) in [4.78, 5) is 19.7. The Kier molecular flexibility index (Phi) is 7.67. The van der Waals surface area contributed by atoms with Gasteiger partial charge in [-0.1, -0.05) is 24.3 Å². The predicted octanol–water partition coefficient (Wildman–Crippen LogP) is 4.45. The molecule has 1 aliphatic rings. The Hall–Kier alpha value is -3.89. The van der Waals surface area contributed by atoms with Crippen molar-refractivity contribution < 1.29 is 23.7 Å². The van der Waals surface area contributed by atoms with Gasteiger partial charge in [0.05, 0.1) is 37.3 Å². The molecule has 4 aromatic rings. The lowest BCUT2D eigenvalue weighted by atomic mass is 10.2. The van der Waals surface area contributed by atoms with Crippen molar-refractivity contribution in [3.05, 3.63) is 76.4 Å². The summed E-state index contributed by atoms with van der Waals surface area (Å²) in [6.45, 7) is 5.78. The summed E-state index contributed by atoms with van der Waals surface area (Å²) in [6, 6.07) is 15.2. The van der Waals surface area contributed by atoms with Crippen LogP contribution in [0.3, 0.4) is 0 Å². The van der Waals surface area contributed by atoms with Gasteiger partial charge in [0, 0.05) is 24.2 Å². The number of para-hydroxylation sites is 1. The fourth-order valence-electron chi connectivity index (χ4n) is 3.93. The van der Waals surface area contributed by atoms with Crippen LogP contribution in [0.25, 0.3) is 5.69 Å². The summed E-state index contributed by atoms with van der Waals surface area (Å²) in [6.07, 6.45) is 2.39. The molecule has 0 radical (unpaired) electrons. The monoisotopic (exact) mass is 520 g/mol. The molecule has 0 saturated carbocycles. The maximum Gasteiger partial charge on any atom is 0.244 e. The Morgan fingerprint density at radius 1 is 1.05 bits per heavy atom. The molecule has 0 spiro atoms. The van der Waals surface area contributed by atoms with Gasteiger partial charge >= 0.3 is 0 Å². The van der Waals surface area contributed by atoms with E-state index >= 15 is 0 Å². The third-order valence-electron chi connectivity index (χ3n) is 5.99. The fraction of sp³-hybridized carbons (Fsp3) is 0.296. The van der Waals surface area contributed by atoms with E-state index in [-0.39, 0.29) is 12.5 Å². The molecule has 0 unspecified atom stereocenters. The molecule has 5 rings (SSSR count). The average molecular weight is 521 g/mol. The van der Waals surface area contributed by atoms with Crippen LogP contribution in [0, 0.1) is 6.92 Å². The van der Waals surface area contributed by atoms with Crippen LogP contribution in [-0.2, 0) is 18.0 Å². The second-order valence-electron chi connectivity index (χ2n) is 8.45. The van der Waals surface area contributed by atoms with E-state index in [0.29, 0.717) is 23.7 Å². The van der Waals surface area contributed by atoms with Crippen molar-refractivity contribution in [3.8, 4) is 23.1 Å². The van der Waals surface area contributed by atoms with E-state index in [9.17, 15) is 4.79 Å². The standard InChI is InChI=1S/C27H28N4O5S/c1-19-23(28-27(37-19)30-10-12-34-13-11-30)18-35-24-9-8-20(14-25(24)33-2)17-36-26-21(16-32)15-31(29-26)22-6-4-3-5-7-22/h3-9,14-16H,10-13,17-18H2,1-2H3. The molecular formula is C27H28N4O5S. The first-order valence-corrected chi connectivity index (χ1v) is 12.8. The lowest BCUT2D eigenvalue weighted by Gasteiger charge is -2.26. The molecule has 2 aromatic carbocycles. The van der Waals surface area contributed by atoms with E-state index in [1.165, 1.54) is 0 Å². The number of nitrogens with zero attached hydrogens (tertiary/aromatic N) is 4. The molecular weight excluding hydrogens is 492 g/mol. The number of carbonyl (C=O) groups is 1. The summed E-state index contributed by atoms with van der Waals surface area (Å²) in [7, 11) is 1.60. The summed E-state index contributed by atoms with van der Waals surface area (Å²) >= 11 is 1.68. The molecule has 1 saturated heterocycles. The highest BCUT2D eigenvalue weighted by Gasteiger charge is 2.18. The number of methoxy groups -OCH3 is 1. The number of aromatic nitrogens is 3. The lowest BCUT2D eigenvalue weighted by Crippen LogP contribution is -2.36. The highest BCUT2D eigenvalue weighted by molar-refractivity contribution is 7.15. The minimum absolute atomic E-state index is 0.220. The van der Waals surface area contributed by atoms with E-state index in [2.05, 4.69) is 16.9 Å². The second kappa shape index (κ2) is 11.4. The van der Waals surface area contributed by atoms with Gasteiger partial charge in [0.2, 0.25) is 5.88 Å². The van der Waals surface area contributed by atoms with Gasteiger partial charge < -0.3 is 23.8 Å². The molecule has 0 atom stereocenters. The highest BCUT2D eigenvalue weighted by atomic mass is 32.1. The van der Waals surface area contributed by atoms with Crippen LogP contribution in [0.5, 0.6) is 17.4 Å². The Bertz CT molecular complexity index is 1350. The van der Waals surface area contributed by atoms with Crippen molar-refractivity contribution in [1.82, 2.24) is 14.8 Å². The highest BCUT2D eigenvalue weighted by Crippen LogP contribution is 2.32. The Balaban J connectivity index is 1.23. The largest absolute Gasteiger partial charge is 0.493 e. The number of ether oxygens (including phenoxy) is 4. The molecule has 0 N–H and O–H groups in total. The zero-order valence-corrected chi connectivity index (χ0v) is 21.6. The van der Waals surface area contributed by atoms with Crippen molar-refractivity contribution in [3.63, 3.8) is 0 Å². The number of hydrogen-bond donors (Lipinski definition) is 0. The third-order valence-corrected chi connectivity index (χ3v) is 7.06. The van der Waals surface area contributed by atoms with Crippen LogP contribution in [0.4, 0.5) is 5.13 Å². The first-order valence-electron chi connectivity index (χ1n) is 12.0. The van der Waals surface area contributed by atoms with E-state index in [0.717, 1.165) is 59.5 Å². The summed E-state index contributed by atoms with van der Waals surface area (Å²) < 4.78 is 24.6. The van der Waals surface area contributed by atoms with Gasteiger partial charge in [0.15, 0.2) is 22.9 Å². The zero-order chi connectivity index (χ0) is 25.6. The third kappa shape index (κ3) is 5.76. The molecule has 0 aliphatic carbocycles. The van der Waals surface area contributed by atoms with Crippen LogP contribution in [-0.4, -0.2) is 54.5 Å². The number of hydrogen-bond acceptors (Lipinski definition) is 9. The molecule has 10 heteroatoms. The minimum atomic E-state index is 0.220. The van der Waals surface area contributed by atoms with Gasteiger partial charge in [-0.3, -0.25) is 4.79 Å². The topological polar surface area (TPSA) is 87.9 Å². The maximum atomic E-state index is 11.6. The first kappa shape index (κ1) is 24.8. The van der Waals surface area contributed by atoms with Crippen LogP contribution in [0.2, 0.25) is 0 Å². The van der Waals surface area contributed by atoms with E-state index in [1.54, 1.807) is 29.3 Å². The summed E-state index contributed by atoms with van der Waals surface area (Å²) in [5, 5.41) is 5.43. The van der Waals surface area contributed by atoms with Gasteiger partial charge in [0.25, 0.3) is 0 Å². The number of carbonyl (C=O) groups excluding carboxylic acids is 1. The number of morpholine rings is 1. The van der Waals surface area contributed by atoms with Gasteiger partial charge in [-0.05, 0) is 36.8 Å². The molecule has 0 amide bonds. The molecule has 2 aromatic heterocycles. The molecule has 9 nitrogen and oxygen atoms in total. The molecule has 0 bridgehead atoms. The number of thiazole rings is 1. The number of benzene rings is 2.